The average molecular weight is 425 g/mol. The lowest BCUT2D eigenvalue weighted by Gasteiger charge is -2.26. The topological polar surface area (TPSA) is 89.3 Å². The third-order valence-electron chi connectivity index (χ3n) is 5.09. The number of sulfone groups is 1. The van der Waals surface area contributed by atoms with E-state index in [0.717, 1.165) is 25.7 Å². The van der Waals surface area contributed by atoms with Gasteiger partial charge in [0.25, 0.3) is 0 Å². The SMILES string of the molecule is Cc1oc(-c2ccccc2Cl)nc1CS(=O)(=O)CC(=O)NC1CCC(C)CC1. The summed E-state index contributed by atoms with van der Waals surface area (Å²) < 4.78 is 30.6. The number of carbonyl (C=O) groups is 1. The Kier molecular flexibility index (Phi) is 6.45. The van der Waals surface area contributed by atoms with Crippen LogP contribution in [0.1, 0.15) is 44.1 Å². The summed E-state index contributed by atoms with van der Waals surface area (Å²) in [6, 6.07) is 7.12. The number of hydrogen-bond donors (Lipinski definition) is 1. The molecular weight excluding hydrogens is 400 g/mol. The van der Waals surface area contributed by atoms with Crippen LogP contribution in [0.4, 0.5) is 0 Å². The van der Waals surface area contributed by atoms with Crippen LogP contribution < -0.4 is 5.32 Å². The Morgan fingerprint density at radius 1 is 1.25 bits per heavy atom. The van der Waals surface area contributed by atoms with Crippen molar-refractivity contribution in [3.63, 3.8) is 0 Å². The fourth-order valence-corrected chi connectivity index (χ4v) is 4.93. The maximum Gasteiger partial charge on any atom is 0.235 e. The molecule has 1 N–H and O–H groups in total. The Labute approximate surface area is 170 Å². The molecule has 1 fully saturated rings. The van der Waals surface area contributed by atoms with Crippen LogP contribution in [0.15, 0.2) is 28.7 Å². The number of aromatic nitrogens is 1. The Hall–Kier alpha value is -1.86. The van der Waals surface area contributed by atoms with Crippen LogP contribution in [-0.4, -0.2) is 31.1 Å². The lowest BCUT2D eigenvalue weighted by molar-refractivity contribution is -0.119. The zero-order chi connectivity index (χ0) is 20.3. The number of benzene rings is 1. The zero-order valence-corrected chi connectivity index (χ0v) is 17.6. The van der Waals surface area contributed by atoms with Crippen LogP contribution in [0.5, 0.6) is 0 Å². The van der Waals surface area contributed by atoms with Crippen LogP contribution >= 0.6 is 11.6 Å². The number of hydrogen-bond acceptors (Lipinski definition) is 5. The van der Waals surface area contributed by atoms with Crippen molar-refractivity contribution in [3.05, 3.63) is 40.7 Å². The molecule has 2 aromatic rings. The summed E-state index contributed by atoms with van der Waals surface area (Å²) in [4.78, 5) is 16.5. The standard InChI is InChI=1S/C20H25ClN2O4S/c1-13-7-9-15(10-8-13)22-19(24)12-28(25,26)11-18-14(2)27-20(23-18)16-5-3-4-6-17(16)21/h3-6,13,15H,7-12H2,1-2H3,(H,22,24). The van der Waals surface area contributed by atoms with Gasteiger partial charge in [-0.2, -0.15) is 0 Å². The first-order valence-corrected chi connectivity index (χ1v) is 11.6. The normalized spacial score (nSPS) is 20.1. The molecule has 0 saturated heterocycles. The molecule has 1 aliphatic carbocycles. The van der Waals surface area contributed by atoms with E-state index in [1.165, 1.54) is 0 Å². The molecule has 1 heterocycles. The van der Waals surface area contributed by atoms with Crippen molar-refractivity contribution in [3.8, 4) is 11.5 Å². The van der Waals surface area contributed by atoms with Crippen molar-refractivity contribution in [2.24, 2.45) is 5.92 Å². The highest BCUT2D eigenvalue weighted by atomic mass is 35.5. The lowest BCUT2D eigenvalue weighted by atomic mass is 9.87. The molecule has 3 rings (SSSR count). The van der Waals surface area contributed by atoms with Crippen molar-refractivity contribution in [1.82, 2.24) is 10.3 Å². The molecule has 1 amide bonds. The van der Waals surface area contributed by atoms with E-state index < -0.39 is 21.5 Å². The number of oxazole rings is 1. The van der Waals surface area contributed by atoms with E-state index in [-0.39, 0.29) is 17.7 Å². The van der Waals surface area contributed by atoms with Gasteiger partial charge in [0.15, 0.2) is 9.84 Å². The quantitative estimate of drug-likeness (QED) is 0.759. The monoisotopic (exact) mass is 424 g/mol. The Morgan fingerprint density at radius 2 is 1.93 bits per heavy atom. The Balaban J connectivity index is 1.64. The summed E-state index contributed by atoms with van der Waals surface area (Å²) >= 11 is 6.15. The average Bonchev–Trinajstić information content (AvgIpc) is 2.96. The maximum absolute atomic E-state index is 12.5. The van der Waals surface area contributed by atoms with Gasteiger partial charge in [-0.05, 0) is 50.7 Å². The predicted molar refractivity (Wildman–Crippen MR) is 109 cm³/mol. The van der Waals surface area contributed by atoms with Crippen LogP contribution in [0, 0.1) is 12.8 Å². The van der Waals surface area contributed by atoms with Gasteiger partial charge in [-0.3, -0.25) is 4.79 Å². The highest BCUT2D eigenvalue weighted by molar-refractivity contribution is 7.91. The largest absolute Gasteiger partial charge is 0.441 e. The summed E-state index contributed by atoms with van der Waals surface area (Å²) in [5.74, 6) is -0.00470. The molecule has 0 atom stereocenters. The molecule has 6 nitrogen and oxygen atoms in total. The maximum atomic E-state index is 12.5. The number of nitrogens with zero attached hydrogens (tertiary/aromatic N) is 1. The van der Waals surface area contributed by atoms with Crippen molar-refractivity contribution in [2.75, 3.05) is 5.75 Å². The summed E-state index contributed by atoms with van der Waals surface area (Å²) in [5.41, 5.74) is 0.898. The molecule has 1 aromatic heterocycles. The first-order valence-electron chi connectivity index (χ1n) is 9.44. The van der Waals surface area contributed by atoms with Gasteiger partial charge in [-0.15, -0.1) is 0 Å². The van der Waals surface area contributed by atoms with Gasteiger partial charge in [0.05, 0.1) is 22.0 Å². The predicted octanol–water partition coefficient (Wildman–Crippen LogP) is 3.91. The van der Waals surface area contributed by atoms with Gasteiger partial charge in [0.2, 0.25) is 11.8 Å². The highest BCUT2D eigenvalue weighted by Crippen LogP contribution is 2.29. The number of nitrogens with one attached hydrogen (secondary N) is 1. The van der Waals surface area contributed by atoms with Crippen LogP contribution in [-0.2, 0) is 20.4 Å². The van der Waals surface area contributed by atoms with Gasteiger partial charge in [0, 0.05) is 6.04 Å². The van der Waals surface area contributed by atoms with E-state index in [0.29, 0.717) is 28.0 Å². The Bertz CT molecular complexity index is 947. The van der Waals surface area contributed by atoms with Crippen molar-refractivity contribution < 1.29 is 17.6 Å². The van der Waals surface area contributed by atoms with E-state index >= 15 is 0 Å². The second-order valence-corrected chi connectivity index (χ2v) is 10.0. The van der Waals surface area contributed by atoms with Gasteiger partial charge in [-0.1, -0.05) is 30.7 Å². The minimum Gasteiger partial charge on any atom is -0.441 e. The fourth-order valence-electron chi connectivity index (χ4n) is 3.44. The smallest absolute Gasteiger partial charge is 0.235 e. The molecule has 28 heavy (non-hydrogen) atoms. The number of amides is 1. The molecule has 0 unspecified atom stereocenters. The highest BCUT2D eigenvalue weighted by Gasteiger charge is 2.25. The van der Waals surface area contributed by atoms with Gasteiger partial charge < -0.3 is 9.73 Å². The van der Waals surface area contributed by atoms with E-state index in [1.54, 1.807) is 31.2 Å². The fraction of sp³-hybridized carbons (Fsp3) is 0.500. The molecule has 1 aromatic carbocycles. The van der Waals surface area contributed by atoms with E-state index in [2.05, 4.69) is 17.2 Å². The van der Waals surface area contributed by atoms with Crippen LogP contribution in [0.2, 0.25) is 5.02 Å². The third kappa shape index (κ3) is 5.35. The van der Waals surface area contributed by atoms with E-state index in [4.69, 9.17) is 16.0 Å². The minimum atomic E-state index is -3.66. The molecule has 0 bridgehead atoms. The molecule has 152 valence electrons. The van der Waals surface area contributed by atoms with Gasteiger partial charge in [-0.25, -0.2) is 13.4 Å². The first kappa shape index (κ1) is 20.9. The second kappa shape index (κ2) is 8.66. The van der Waals surface area contributed by atoms with Crippen molar-refractivity contribution in [2.45, 2.75) is 51.3 Å². The molecule has 1 aliphatic rings. The van der Waals surface area contributed by atoms with Crippen molar-refractivity contribution in [1.29, 1.82) is 0 Å². The summed E-state index contributed by atoms with van der Waals surface area (Å²) in [5, 5.41) is 3.33. The van der Waals surface area contributed by atoms with Crippen molar-refractivity contribution >= 4 is 27.3 Å². The van der Waals surface area contributed by atoms with Crippen LogP contribution in [0.25, 0.3) is 11.5 Å². The first-order chi connectivity index (χ1) is 13.2. The molecule has 1 saturated carbocycles. The molecular formula is C20H25ClN2O4S. The lowest BCUT2D eigenvalue weighted by Crippen LogP contribution is -2.40. The third-order valence-corrected chi connectivity index (χ3v) is 6.83. The molecule has 0 radical (unpaired) electrons. The summed E-state index contributed by atoms with van der Waals surface area (Å²) in [6.07, 6.45) is 3.91. The number of aryl methyl sites for hydroxylation is 1. The van der Waals surface area contributed by atoms with Gasteiger partial charge in [0.1, 0.15) is 11.5 Å². The second-order valence-electron chi connectivity index (χ2n) is 7.56. The van der Waals surface area contributed by atoms with Gasteiger partial charge >= 0.3 is 0 Å². The molecule has 8 heteroatoms. The molecule has 0 aliphatic heterocycles. The summed E-state index contributed by atoms with van der Waals surface area (Å²) in [7, 11) is -3.66. The number of carbonyl (C=O) groups excluding carboxylic acids is 1. The van der Waals surface area contributed by atoms with E-state index in [9.17, 15) is 13.2 Å². The van der Waals surface area contributed by atoms with Crippen LogP contribution in [0.3, 0.4) is 0 Å². The number of rotatable bonds is 6. The number of halogens is 1. The Morgan fingerprint density at radius 3 is 2.61 bits per heavy atom. The minimum absolute atomic E-state index is 0.0690. The molecule has 0 spiro atoms. The zero-order valence-electron chi connectivity index (χ0n) is 16.1. The summed E-state index contributed by atoms with van der Waals surface area (Å²) in [6.45, 7) is 3.85. The van der Waals surface area contributed by atoms with E-state index in [1.807, 2.05) is 0 Å².